The number of likely N-dealkylation sites (N-methyl/N-ethyl adjacent to an activating group) is 1. The molecule has 0 saturated carbocycles. The molecular formula is C18H22N6O. The first kappa shape index (κ1) is 17.1. The standard InChI is InChI=1S/C18H22N6O/c1-13-20-21-17-12-24(16(10-22(2)3)11-23(13)17)18(25)8-14-5-4-6-15(7-14)9-19/h4-7,16H,8,10-12H2,1-3H3. The van der Waals surface area contributed by atoms with Crippen molar-refractivity contribution in [2.75, 3.05) is 20.6 Å². The predicted octanol–water partition coefficient (Wildman–Crippen LogP) is 0.973. The molecule has 1 aliphatic heterocycles. The van der Waals surface area contributed by atoms with E-state index in [1.165, 1.54) is 0 Å². The number of nitrogens with zero attached hydrogens (tertiary/aromatic N) is 6. The van der Waals surface area contributed by atoms with Crippen molar-refractivity contribution in [1.29, 1.82) is 5.26 Å². The number of amides is 1. The third-order valence-electron chi connectivity index (χ3n) is 4.47. The molecule has 1 atom stereocenters. The van der Waals surface area contributed by atoms with Crippen molar-refractivity contribution in [1.82, 2.24) is 24.6 Å². The van der Waals surface area contributed by atoms with Crippen LogP contribution in [-0.4, -0.2) is 57.2 Å². The molecule has 0 N–H and O–H groups in total. The smallest absolute Gasteiger partial charge is 0.227 e. The van der Waals surface area contributed by atoms with Gasteiger partial charge < -0.3 is 14.4 Å². The predicted molar refractivity (Wildman–Crippen MR) is 92.5 cm³/mol. The summed E-state index contributed by atoms with van der Waals surface area (Å²) in [7, 11) is 4.02. The molecule has 7 heteroatoms. The Kier molecular flexibility index (Phi) is 4.81. The SMILES string of the molecule is Cc1nnc2n1CC(CN(C)C)N(C(=O)Cc1cccc(C#N)c1)C2. The molecule has 0 aliphatic carbocycles. The lowest BCUT2D eigenvalue weighted by atomic mass is 10.1. The lowest BCUT2D eigenvalue weighted by Crippen LogP contribution is -2.51. The number of fused-ring (bicyclic) bond motifs is 1. The van der Waals surface area contributed by atoms with E-state index in [0.717, 1.165) is 23.8 Å². The normalized spacial score (nSPS) is 16.6. The van der Waals surface area contributed by atoms with Gasteiger partial charge in [-0.2, -0.15) is 5.26 Å². The van der Waals surface area contributed by atoms with Crippen LogP contribution in [0.25, 0.3) is 0 Å². The first-order valence-electron chi connectivity index (χ1n) is 8.30. The van der Waals surface area contributed by atoms with E-state index >= 15 is 0 Å². The zero-order valence-corrected chi connectivity index (χ0v) is 14.8. The van der Waals surface area contributed by atoms with Crippen LogP contribution in [0, 0.1) is 18.3 Å². The second-order valence-electron chi connectivity index (χ2n) is 6.70. The van der Waals surface area contributed by atoms with E-state index in [9.17, 15) is 4.79 Å². The van der Waals surface area contributed by atoms with E-state index in [1.54, 1.807) is 12.1 Å². The maximum atomic E-state index is 12.9. The molecule has 1 aromatic heterocycles. The molecule has 25 heavy (non-hydrogen) atoms. The fourth-order valence-electron chi connectivity index (χ4n) is 3.27. The fraction of sp³-hybridized carbons (Fsp3) is 0.444. The first-order chi connectivity index (χ1) is 12.0. The van der Waals surface area contributed by atoms with Gasteiger partial charge in [0, 0.05) is 13.1 Å². The highest BCUT2D eigenvalue weighted by Gasteiger charge is 2.32. The third-order valence-corrected chi connectivity index (χ3v) is 4.47. The van der Waals surface area contributed by atoms with Crippen molar-refractivity contribution >= 4 is 5.91 Å². The van der Waals surface area contributed by atoms with Gasteiger partial charge in [-0.15, -0.1) is 10.2 Å². The Morgan fingerprint density at radius 1 is 1.40 bits per heavy atom. The summed E-state index contributed by atoms with van der Waals surface area (Å²) in [4.78, 5) is 16.9. The van der Waals surface area contributed by atoms with Gasteiger partial charge in [0.25, 0.3) is 0 Å². The highest BCUT2D eigenvalue weighted by atomic mass is 16.2. The van der Waals surface area contributed by atoms with Crippen molar-refractivity contribution in [3.05, 3.63) is 47.0 Å². The van der Waals surface area contributed by atoms with E-state index in [1.807, 2.05) is 38.1 Å². The van der Waals surface area contributed by atoms with Gasteiger partial charge in [-0.1, -0.05) is 12.1 Å². The number of nitriles is 1. The summed E-state index contributed by atoms with van der Waals surface area (Å²) in [5, 5.41) is 17.4. The van der Waals surface area contributed by atoms with Crippen LogP contribution in [0.2, 0.25) is 0 Å². The third kappa shape index (κ3) is 3.69. The van der Waals surface area contributed by atoms with E-state index in [4.69, 9.17) is 5.26 Å². The summed E-state index contributed by atoms with van der Waals surface area (Å²) in [6.45, 7) is 3.89. The van der Waals surface area contributed by atoms with E-state index in [0.29, 0.717) is 18.7 Å². The topological polar surface area (TPSA) is 78.1 Å². The molecule has 0 radical (unpaired) electrons. The number of hydrogen-bond acceptors (Lipinski definition) is 5. The molecule has 1 unspecified atom stereocenters. The van der Waals surface area contributed by atoms with Crippen LogP contribution in [0.1, 0.15) is 22.8 Å². The van der Waals surface area contributed by atoms with Gasteiger partial charge in [-0.3, -0.25) is 4.79 Å². The monoisotopic (exact) mass is 338 g/mol. The summed E-state index contributed by atoms with van der Waals surface area (Å²) < 4.78 is 2.09. The first-order valence-corrected chi connectivity index (χ1v) is 8.30. The largest absolute Gasteiger partial charge is 0.329 e. The minimum atomic E-state index is 0.0499. The Morgan fingerprint density at radius 2 is 2.20 bits per heavy atom. The van der Waals surface area contributed by atoms with E-state index in [-0.39, 0.29) is 18.4 Å². The lowest BCUT2D eigenvalue weighted by Gasteiger charge is -2.37. The fourth-order valence-corrected chi connectivity index (χ4v) is 3.27. The summed E-state index contributed by atoms with van der Waals surface area (Å²) in [6.07, 6.45) is 0.284. The summed E-state index contributed by atoms with van der Waals surface area (Å²) in [5.74, 6) is 1.76. The Balaban J connectivity index is 1.82. The molecule has 1 aromatic carbocycles. The van der Waals surface area contributed by atoms with Crippen LogP contribution >= 0.6 is 0 Å². The Hall–Kier alpha value is -2.72. The number of carbonyl (C=O) groups excluding carboxylic acids is 1. The Labute approximate surface area is 147 Å². The minimum absolute atomic E-state index is 0.0499. The van der Waals surface area contributed by atoms with E-state index in [2.05, 4.69) is 25.7 Å². The average Bonchev–Trinajstić information content (AvgIpc) is 2.94. The molecular weight excluding hydrogens is 316 g/mol. The van der Waals surface area contributed by atoms with Gasteiger partial charge in [0.1, 0.15) is 5.82 Å². The van der Waals surface area contributed by atoms with Crippen LogP contribution in [0.5, 0.6) is 0 Å². The van der Waals surface area contributed by atoms with Crippen molar-refractivity contribution in [2.45, 2.75) is 32.5 Å². The molecule has 130 valence electrons. The zero-order valence-electron chi connectivity index (χ0n) is 14.8. The Morgan fingerprint density at radius 3 is 2.92 bits per heavy atom. The second-order valence-corrected chi connectivity index (χ2v) is 6.70. The molecule has 0 spiro atoms. The number of hydrogen-bond donors (Lipinski definition) is 0. The van der Waals surface area contributed by atoms with E-state index < -0.39 is 0 Å². The van der Waals surface area contributed by atoms with Crippen molar-refractivity contribution in [3.63, 3.8) is 0 Å². The summed E-state index contributed by atoms with van der Waals surface area (Å²) in [5.41, 5.74) is 1.43. The van der Waals surface area contributed by atoms with Gasteiger partial charge in [-0.25, -0.2) is 0 Å². The molecule has 0 bridgehead atoms. The maximum Gasteiger partial charge on any atom is 0.227 e. The Bertz CT molecular complexity index is 819. The van der Waals surface area contributed by atoms with Crippen molar-refractivity contribution < 1.29 is 4.79 Å². The molecule has 0 fully saturated rings. The summed E-state index contributed by atoms with van der Waals surface area (Å²) in [6, 6.07) is 9.41. The summed E-state index contributed by atoms with van der Waals surface area (Å²) >= 11 is 0. The van der Waals surface area contributed by atoms with Crippen LogP contribution < -0.4 is 0 Å². The number of aryl methyl sites for hydroxylation is 1. The molecule has 7 nitrogen and oxygen atoms in total. The minimum Gasteiger partial charge on any atom is -0.329 e. The number of rotatable bonds is 4. The molecule has 3 rings (SSSR count). The maximum absolute atomic E-state index is 12.9. The highest BCUT2D eigenvalue weighted by Crippen LogP contribution is 2.20. The number of benzene rings is 1. The van der Waals surface area contributed by atoms with Crippen molar-refractivity contribution in [2.24, 2.45) is 0 Å². The van der Waals surface area contributed by atoms with Crippen LogP contribution in [-0.2, 0) is 24.3 Å². The van der Waals surface area contributed by atoms with Crippen LogP contribution in [0.15, 0.2) is 24.3 Å². The molecule has 0 saturated heterocycles. The van der Waals surface area contributed by atoms with Gasteiger partial charge in [0.2, 0.25) is 5.91 Å². The second kappa shape index (κ2) is 7.03. The lowest BCUT2D eigenvalue weighted by molar-refractivity contribution is -0.135. The van der Waals surface area contributed by atoms with Gasteiger partial charge in [0.05, 0.1) is 30.6 Å². The van der Waals surface area contributed by atoms with Crippen molar-refractivity contribution in [3.8, 4) is 6.07 Å². The van der Waals surface area contributed by atoms with Gasteiger partial charge in [-0.05, 0) is 38.7 Å². The average molecular weight is 338 g/mol. The van der Waals surface area contributed by atoms with Crippen LogP contribution in [0.3, 0.4) is 0 Å². The molecule has 2 aromatic rings. The highest BCUT2D eigenvalue weighted by molar-refractivity contribution is 5.79. The number of aromatic nitrogens is 3. The molecule has 1 amide bonds. The quantitative estimate of drug-likeness (QED) is 0.830. The van der Waals surface area contributed by atoms with Crippen LogP contribution in [0.4, 0.5) is 0 Å². The number of carbonyl (C=O) groups is 1. The molecule has 2 heterocycles. The van der Waals surface area contributed by atoms with Gasteiger partial charge in [0.15, 0.2) is 5.82 Å². The molecule has 1 aliphatic rings. The zero-order chi connectivity index (χ0) is 18.0. The van der Waals surface area contributed by atoms with Gasteiger partial charge >= 0.3 is 0 Å².